The molecule has 0 unspecified atom stereocenters. The highest BCUT2D eigenvalue weighted by Crippen LogP contribution is 2.37. The van der Waals surface area contributed by atoms with Crippen molar-refractivity contribution in [2.75, 3.05) is 0 Å². The molecule has 0 fully saturated rings. The van der Waals surface area contributed by atoms with E-state index in [9.17, 15) is 5.11 Å². The highest BCUT2D eigenvalue weighted by Gasteiger charge is 2.19. The molecule has 2 rings (SSSR count). The summed E-state index contributed by atoms with van der Waals surface area (Å²) in [6.07, 6.45) is 0. The van der Waals surface area contributed by atoms with Gasteiger partial charge in [0.1, 0.15) is 5.75 Å². The number of para-hydroxylation sites is 1. The summed E-state index contributed by atoms with van der Waals surface area (Å²) in [7, 11) is 0. The maximum absolute atomic E-state index is 10.0. The van der Waals surface area contributed by atoms with Gasteiger partial charge in [0.2, 0.25) is 0 Å². The van der Waals surface area contributed by atoms with E-state index >= 15 is 0 Å². The molecule has 1 heteroatoms. The van der Waals surface area contributed by atoms with Gasteiger partial charge in [0.15, 0.2) is 0 Å². The third-order valence-electron chi connectivity index (χ3n) is 3.18. The van der Waals surface area contributed by atoms with Gasteiger partial charge >= 0.3 is 0 Å². The molecule has 0 amide bonds. The van der Waals surface area contributed by atoms with Crippen molar-refractivity contribution in [2.45, 2.75) is 33.1 Å². The molecule has 0 aromatic heterocycles. The highest BCUT2D eigenvalue weighted by atomic mass is 16.3. The summed E-state index contributed by atoms with van der Waals surface area (Å²) in [6.45, 7) is 8.67. The second-order valence-electron chi connectivity index (χ2n) is 5.82. The Bertz CT molecular complexity index is 562. The summed E-state index contributed by atoms with van der Waals surface area (Å²) in [6, 6.07) is 14.0. The molecule has 0 atom stereocenters. The first-order valence-corrected chi connectivity index (χ1v) is 6.29. The maximum Gasteiger partial charge on any atom is 0.123 e. The van der Waals surface area contributed by atoms with Crippen LogP contribution in [0.15, 0.2) is 42.5 Å². The van der Waals surface area contributed by atoms with E-state index < -0.39 is 0 Å². The molecule has 0 spiro atoms. The fraction of sp³-hybridized carbons (Fsp3) is 0.294. The van der Waals surface area contributed by atoms with Gasteiger partial charge in [-0.2, -0.15) is 0 Å². The molecule has 94 valence electrons. The summed E-state index contributed by atoms with van der Waals surface area (Å²) in [4.78, 5) is 0. The molecule has 0 saturated heterocycles. The van der Waals surface area contributed by atoms with Gasteiger partial charge in [0.05, 0.1) is 0 Å². The molecule has 0 aliphatic heterocycles. The van der Waals surface area contributed by atoms with Crippen molar-refractivity contribution in [3.63, 3.8) is 0 Å². The maximum atomic E-state index is 10.0. The van der Waals surface area contributed by atoms with Crippen molar-refractivity contribution in [2.24, 2.45) is 0 Å². The Morgan fingerprint density at radius 1 is 0.889 bits per heavy atom. The normalized spacial score (nSPS) is 11.6. The van der Waals surface area contributed by atoms with Crippen LogP contribution >= 0.6 is 0 Å². The van der Waals surface area contributed by atoms with E-state index in [1.54, 1.807) is 6.07 Å². The number of rotatable bonds is 1. The summed E-state index contributed by atoms with van der Waals surface area (Å²) < 4.78 is 0. The standard InChI is InChI=1S/C17H20O/c1-12-9-10-15(17(2,3)4)14(11-12)13-7-5-6-8-16(13)18/h5-11,18H,1-4H3. The van der Waals surface area contributed by atoms with Gasteiger partial charge in [-0.15, -0.1) is 0 Å². The Morgan fingerprint density at radius 2 is 1.56 bits per heavy atom. The minimum atomic E-state index is 0.0608. The zero-order valence-corrected chi connectivity index (χ0v) is 11.5. The van der Waals surface area contributed by atoms with E-state index in [4.69, 9.17) is 0 Å². The lowest BCUT2D eigenvalue weighted by molar-refractivity contribution is 0.477. The molecule has 0 saturated carbocycles. The molecule has 0 heterocycles. The van der Waals surface area contributed by atoms with E-state index in [0.29, 0.717) is 5.75 Å². The summed E-state index contributed by atoms with van der Waals surface area (Å²) in [5, 5.41) is 10.0. The van der Waals surface area contributed by atoms with Crippen LogP contribution in [-0.4, -0.2) is 5.11 Å². The number of hydrogen-bond acceptors (Lipinski definition) is 1. The van der Waals surface area contributed by atoms with Gasteiger partial charge in [-0.05, 0) is 29.5 Å². The monoisotopic (exact) mass is 240 g/mol. The molecular weight excluding hydrogens is 220 g/mol. The molecule has 0 aliphatic rings. The lowest BCUT2D eigenvalue weighted by Crippen LogP contribution is -2.12. The Morgan fingerprint density at radius 3 is 2.17 bits per heavy atom. The SMILES string of the molecule is Cc1ccc(C(C)(C)C)c(-c2ccccc2O)c1. The fourth-order valence-electron chi connectivity index (χ4n) is 2.24. The number of phenolic OH excluding ortho intramolecular Hbond substituents is 1. The smallest absolute Gasteiger partial charge is 0.123 e. The summed E-state index contributed by atoms with van der Waals surface area (Å²) >= 11 is 0. The Balaban J connectivity index is 2.70. The topological polar surface area (TPSA) is 20.2 Å². The van der Waals surface area contributed by atoms with Crippen LogP contribution in [0.4, 0.5) is 0 Å². The number of benzene rings is 2. The molecule has 2 aromatic carbocycles. The number of aromatic hydroxyl groups is 1. The lowest BCUT2D eigenvalue weighted by atomic mass is 9.81. The van der Waals surface area contributed by atoms with Crippen molar-refractivity contribution in [3.05, 3.63) is 53.6 Å². The number of aryl methyl sites for hydroxylation is 1. The van der Waals surface area contributed by atoms with Crippen LogP contribution in [0.2, 0.25) is 0 Å². The van der Waals surface area contributed by atoms with Gasteiger partial charge in [-0.3, -0.25) is 0 Å². The summed E-state index contributed by atoms with van der Waals surface area (Å²) in [5.74, 6) is 0.341. The zero-order chi connectivity index (χ0) is 13.3. The van der Waals surface area contributed by atoms with E-state index in [2.05, 4.69) is 45.9 Å². The Labute approximate surface area is 109 Å². The van der Waals surface area contributed by atoms with Crippen LogP contribution in [-0.2, 0) is 5.41 Å². The van der Waals surface area contributed by atoms with Crippen LogP contribution in [0.25, 0.3) is 11.1 Å². The summed E-state index contributed by atoms with van der Waals surface area (Å²) in [5.41, 5.74) is 4.56. The lowest BCUT2D eigenvalue weighted by Gasteiger charge is -2.24. The first kappa shape index (κ1) is 12.7. The molecule has 18 heavy (non-hydrogen) atoms. The minimum absolute atomic E-state index is 0.0608. The molecule has 2 aromatic rings. The molecule has 0 aliphatic carbocycles. The highest BCUT2D eigenvalue weighted by molar-refractivity contribution is 5.74. The van der Waals surface area contributed by atoms with Gasteiger partial charge in [0, 0.05) is 5.56 Å². The van der Waals surface area contributed by atoms with E-state index in [-0.39, 0.29) is 5.41 Å². The number of phenols is 1. The van der Waals surface area contributed by atoms with Crippen LogP contribution in [0.3, 0.4) is 0 Å². The third kappa shape index (κ3) is 2.40. The minimum Gasteiger partial charge on any atom is -0.507 e. The van der Waals surface area contributed by atoms with Gasteiger partial charge in [-0.1, -0.05) is 62.7 Å². The molecular formula is C17H20O. The van der Waals surface area contributed by atoms with Crippen LogP contribution in [0, 0.1) is 6.92 Å². The predicted octanol–water partition coefficient (Wildman–Crippen LogP) is 4.67. The van der Waals surface area contributed by atoms with Crippen LogP contribution < -0.4 is 0 Å². The molecule has 1 N–H and O–H groups in total. The first-order valence-electron chi connectivity index (χ1n) is 6.29. The van der Waals surface area contributed by atoms with E-state index in [1.165, 1.54) is 11.1 Å². The van der Waals surface area contributed by atoms with Crippen molar-refractivity contribution in [3.8, 4) is 16.9 Å². The molecule has 0 bridgehead atoms. The second kappa shape index (κ2) is 4.49. The van der Waals surface area contributed by atoms with Gasteiger partial charge in [-0.25, -0.2) is 0 Å². The van der Waals surface area contributed by atoms with E-state index in [1.807, 2.05) is 18.2 Å². The average molecular weight is 240 g/mol. The van der Waals surface area contributed by atoms with Crippen LogP contribution in [0.5, 0.6) is 5.75 Å². The van der Waals surface area contributed by atoms with Crippen molar-refractivity contribution < 1.29 is 5.11 Å². The third-order valence-corrected chi connectivity index (χ3v) is 3.18. The van der Waals surface area contributed by atoms with Gasteiger partial charge < -0.3 is 5.11 Å². The van der Waals surface area contributed by atoms with Crippen LogP contribution in [0.1, 0.15) is 31.9 Å². The van der Waals surface area contributed by atoms with Crippen molar-refractivity contribution in [1.29, 1.82) is 0 Å². The molecule has 0 radical (unpaired) electrons. The molecule has 1 nitrogen and oxygen atoms in total. The van der Waals surface area contributed by atoms with Gasteiger partial charge in [0.25, 0.3) is 0 Å². The largest absolute Gasteiger partial charge is 0.507 e. The van der Waals surface area contributed by atoms with E-state index in [0.717, 1.165) is 11.1 Å². The zero-order valence-electron chi connectivity index (χ0n) is 11.5. The second-order valence-corrected chi connectivity index (χ2v) is 5.82. The quantitative estimate of drug-likeness (QED) is 0.768. The Kier molecular flexibility index (Phi) is 3.16. The predicted molar refractivity (Wildman–Crippen MR) is 77.0 cm³/mol. The average Bonchev–Trinajstić information content (AvgIpc) is 2.27. The van der Waals surface area contributed by atoms with Crippen molar-refractivity contribution in [1.82, 2.24) is 0 Å². The number of hydrogen-bond donors (Lipinski definition) is 1. The first-order chi connectivity index (χ1) is 8.39. The Hall–Kier alpha value is -1.76. The van der Waals surface area contributed by atoms with Crippen molar-refractivity contribution >= 4 is 0 Å². The fourth-order valence-corrected chi connectivity index (χ4v) is 2.24.